The number of fused-ring (bicyclic) bond motifs is 6. The minimum Gasteiger partial charge on any atom is -0.464 e. The van der Waals surface area contributed by atoms with E-state index in [0.29, 0.717) is 0 Å². The monoisotopic (exact) mass is 546 g/mol. The van der Waals surface area contributed by atoms with Crippen molar-refractivity contribution in [1.29, 1.82) is 0 Å². The van der Waals surface area contributed by atoms with E-state index in [4.69, 9.17) is 9.47 Å². The minimum absolute atomic E-state index is 0.0494. The highest BCUT2D eigenvalue weighted by Gasteiger charge is 2.31. The normalized spacial score (nSPS) is 13.0. The van der Waals surface area contributed by atoms with Crippen molar-refractivity contribution in [1.82, 2.24) is 0 Å². The van der Waals surface area contributed by atoms with Crippen LogP contribution in [0.15, 0.2) is 97.1 Å². The summed E-state index contributed by atoms with van der Waals surface area (Å²) in [6.45, 7) is 0.0989. The Hall–Kier alpha value is -5.04. The summed E-state index contributed by atoms with van der Waals surface area (Å²) in [6.07, 6.45) is -1.49. The molecule has 41 heavy (non-hydrogen) atoms. The maximum Gasteiger partial charge on any atom is 0.324 e. The summed E-state index contributed by atoms with van der Waals surface area (Å²) in [5.74, 6) is -4.11. The molecule has 7 nitrogen and oxygen atoms in total. The second-order valence-electron chi connectivity index (χ2n) is 10.0. The average Bonchev–Trinajstić information content (AvgIpc) is 3.47. The van der Waals surface area contributed by atoms with Gasteiger partial charge in [-0.3, -0.25) is 19.2 Å². The zero-order chi connectivity index (χ0) is 28.3. The van der Waals surface area contributed by atoms with Gasteiger partial charge in [0.05, 0.1) is 0 Å². The van der Waals surface area contributed by atoms with Gasteiger partial charge in [-0.25, -0.2) is 0 Å². The Morgan fingerprint density at radius 3 is 1.05 bits per heavy atom. The van der Waals surface area contributed by atoms with Crippen molar-refractivity contribution in [2.24, 2.45) is 0 Å². The lowest BCUT2D eigenvalue weighted by Gasteiger charge is -2.14. The van der Waals surface area contributed by atoms with Crippen molar-refractivity contribution >= 4 is 23.9 Å². The molecule has 0 saturated carbocycles. The van der Waals surface area contributed by atoms with Gasteiger partial charge in [-0.1, -0.05) is 97.1 Å². The van der Waals surface area contributed by atoms with Gasteiger partial charge in [-0.2, -0.15) is 0 Å². The second kappa shape index (κ2) is 11.2. The predicted molar refractivity (Wildman–Crippen MR) is 150 cm³/mol. The van der Waals surface area contributed by atoms with E-state index in [1.165, 1.54) is 0 Å². The van der Waals surface area contributed by atoms with Gasteiger partial charge in [-0.15, -0.1) is 0 Å². The fourth-order valence-electron chi connectivity index (χ4n) is 5.77. The molecule has 0 unspecified atom stereocenters. The number of benzene rings is 4. The average molecular weight is 547 g/mol. The van der Waals surface area contributed by atoms with Crippen molar-refractivity contribution in [3.63, 3.8) is 0 Å². The Balaban J connectivity index is 0.975. The molecule has 6 rings (SSSR count). The summed E-state index contributed by atoms with van der Waals surface area (Å²) in [5.41, 5.74) is 8.52. The first kappa shape index (κ1) is 26.2. The number of carbonyl (C=O) groups is 4. The van der Waals surface area contributed by atoms with Crippen LogP contribution in [0.1, 0.15) is 46.9 Å². The van der Waals surface area contributed by atoms with E-state index in [9.17, 15) is 19.2 Å². The molecule has 0 aliphatic heterocycles. The van der Waals surface area contributed by atoms with Crippen molar-refractivity contribution in [3.05, 3.63) is 119 Å². The van der Waals surface area contributed by atoms with Crippen LogP contribution in [0, 0.1) is 0 Å². The third-order valence-electron chi connectivity index (χ3n) is 7.55. The van der Waals surface area contributed by atoms with Crippen LogP contribution in [0.3, 0.4) is 0 Å². The smallest absolute Gasteiger partial charge is 0.324 e. The molecule has 0 radical (unpaired) electrons. The van der Waals surface area contributed by atoms with E-state index in [2.05, 4.69) is 4.74 Å². The van der Waals surface area contributed by atoms with Crippen LogP contribution in [-0.4, -0.2) is 37.1 Å². The van der Waals surface area contributed by atoms with E-state index < -0.39 is 36.7 Å². The fourth-order valence-corrected chi connectivity index (χ4v) is 5.77. The molecule has 4 aromatic rings. The van der Waals surface area contributed by atoms with Gasteiger partial charge in [0.1, 0.15) is 26.1 Å². The molecule has 0 N–H and O–H groups in total. The third kappa shape index (κ3) is 5.26. The molecule has 0 heterocycles. The SMILES string of the molecule is O=C(CC(=O)OC(=O)CC(=O)OCC1c2ccccc2-c2ccccc21)OCC1c2ccccc2-c2ccccc21. The third-order valence-corrected chi connectivity index (χ3v) is 7.55. The van der Waals surface area contributed by atoms with Gasteiger partial charge < -0.3 is 14.2 Å². The highest BCUT2D eigenvalue weighted by Crippen LogP contribution is 2.45. The first-order valence-corrected chi connectivity index (χ1v) is 13.4. The van der Waals surface area contributed by atoms with Gasteiger partial charge in [-0.05, 0) is 44.5 Å². The lowest BCUT2D eigenvalue weighted by Crippen LogP contribution is -2.22. The van der Waals surface area contributed by atoms with E-state index in [0.717, 1.165) is 44.5 Å². The summed E-state index contributed by atoms with van der Waals surface area (Å²) in [7, 11) is 0. The highest BCUT2D eigenvalue weighted by molar-refractivity contribution is 6.00. The summed E-state index contributed by atoms with van der Waals surface area (Å²) in [4.78, 5) is 49.1. The fraction of sp³-hybridized carbons (Fsp3) is 0.176. The number of esters is 4. The van der Waals surface area contributed by atoms with Crippen LogP contribution in [0.2, 0.25) is 0 Å². The Morgan fingerprint density at radius 1 is 0.439 bits per heavy atom. The number of hydrogen-bond acceptors (Lipinski definition) is 7. The summed E-state index contributed by atoms with van der Waals surface area (Å²) < 4.78 is 15.4. The summed E-state index contributed by atoms with van der Waals surface area (Å²) in [5, 5.41) is 0. The van der Waals surface area contributed by atoms with Crippen LogP contribution < -0.4 is 0 Å². The van der Waals surface area contributed by atoms with Crippen molar-refractivity contribution in [3.8, 4) is 22.3 Å². The Morgan fingerprint density at radius 2 is 0.732 bits per heavy atom. The minimum atomic E-state index is -1.08. The molecule has 0 spiro atoms. The molecular formula is C34H26O7. The number of ether oxygens (including phenoxy) is 3. The molecule has 0 aromatic heterocycles. The van der Waals surface area contributed by atoms with Gasteiger partial charge in [0.25, 0.3) is 0 Å². The van der Waals surface area contributed by atoms with Crippen LogP contribution in [-0.2, 0) is 33.4 Å². The number of rotatable bonds is 8. The summed E-state index contributed by atoms with van der Waals surface area (Å²) in [6, 6.07) is 31.6. The van der Waals surface area contributed by atoms with E-state index in [-0.39, 0.29) is 25.0 Å². The van der Waals surface area contributed by atoms with Crippen LogP contribution >= 0.6 is 0 Å². The Labute approximate surface area is 236 Å². The first-order chi connectivity index (χ1) is 20.0. The standard InChI is InChI=1S/C34H26O7/c35-31(39-19-29-25-13-5-1-9-21(25)22-10-2-6-14-26(22)29)17-33(37)41-34(38)18-32(36)40-20-30-27-15-7-3-11-23(27)24-12-4-8-16-28(24)30/h1-16,29-30H,17-20H2. The molecule has 2 aliphatic rings. The van der Waals surface area contributed by atoms with Crippen molar-refractivity contribution in [2.45, 2.75) is 24.7 Å². The number of carbonyl (C=O) groups excluding carboxylic acids is 4. The summed E-state index contributed by atoms with van der Waals surface area (Å²) >= 11 is 0. The van der Waals surface area contributed by atoms with E-state index in [1.807, 2.05) is 97.1 Å². The molecule has 0 amide bonds. The van der Waals surface area contributed by atoms with Gasteiger partial charge >= 0.3 is 23.9 Å². The van der Waals surface area contributed by atoms with E-state index in [1.54, 1.807) is 0 Å². The molecule has 2 aliphatic carbocycles. The lowest BCUT2D eigenvalue weighted by molar-refractivity contribution is -0.164. The lowest BCUT2D eigenvalue weighted by atomic mass is 9.98. The molecule has 7 heteroatoms. The van der Waals surface area contributed by atoms with Crippen molar-refractivity contribution in [2.75, 3.05) is 13.2 Å². The molecule has 4 aromatic carbocycles. The molecule has 0 atom stereocenters. The largest absolute Gasteiger partial charge is 0.464 e. The molecular weight excluding hydrogens is 520 g/mol. The predicted octanol–water partition coefficient (Wildman–Crippen LogP) is 5.55. The van der Waals surface area contributed by atoms with E-state index >= 15 is 0 Å². The van der Waals surface area contributed by atoms with Gasteiger partial charge in [0.15, 0.2) is 0 Å². The maximum absolute atomic E-state index is 12.4. The molecule has 0 fully saturated rings. The van der Waals surface area contributed by atoms with Crippen LogP contribution in [0.4, 0.5) is 0 Å². The second-order valence-corrected chi connectivity index (χ2v) is 10.0. The van der Waals surface area contributed by atoms with Crippen LogP contribution in [0.25, 0.3) is 22.3 Å². The molecule has 204 valence electrons. The van der Waals surface area contributed by atoms with Crippen molar-refractivity contribution < 1.29 is 33.4 Å². The van der Waals surface area contributed by atoms with Gasteiger partial charge in [0.2, 0.25) is 0 Å². The number of hydrogen-bond donors (Lipinski definition) is 0. The Kier molecular flexibility index (Phi) is 7.17. The highest BCUT2D eigenvalue weighted by atomic mass is 16.6. The maximum atomic E-state index is 12.4. The quantitative estimate of drug-likeness (QED) is 0.162. The zero-order valence-electron chi connectivity index (χ0n) is 22.1. The van der Waals surface area contributed by atoms with Gasteiger partial charge in [0, 0.05) is 11.8 Å². The zero-order valence-corrected chi connectivity index (χ0v) is 22.1. The van der Waals surface area contributed by atoms with Crippen LogP contribution in [0.5, 0.6) is 0 Å². The topological polar surface area (TPSA) is 96.0 Å². The Bertz CT molecular complexity index is 1460. The molecule has 0 bridgehead atoms. The first-order valence-electron chi connectivity index (χ1n) is 13.4. The molecule has 0 saturated heterocycles.